The zero-order valence-corrected chi connectivity index (χ0v) is 35.9. The maximum atomic E-state index is 6.17. The van der Waals surface area contributed by atoms with Crippen molar-refractivity contribution in [1.29, 1.82) is 0 Å². The summed E-state index contributed by atoms with van der Waals surface area (Å²) >= 11 is 0. The summed E-state index contributed by atoms with van der Waals surface area (Å²) in [5, 5.41) is 12.7. The van der Waals surface area contributed by atoms with Gasteiger partial charge in [0.2, 0.25) is 0 Å². The summed E-state index contributed by atoms with van der Waals surface area (Å²) in [6, 6.07) is 89.3. The standard InChI is InChI=1S/C60H40N2OSi/c1-4-16-45(17-5-1)64(46-18-6-2-7-19-46,47-20-8-3-9-21-47)48-33-30-43(31-34-48)61-55-25-13-10-22-49(55)51-35-32-44(40-58(51)61)62-56-26-14-11-23-50(56)53-38-41(28-36-57(53)62)42-29-37-60-54(39-42)52-24-12-15-27-59(52)63-60/h1-40H. The zero-order valence-electron chi connectivity index (χ0n) is 34.9. The molecule has 3 nitrogen and oxygen atoms in total. The van der Waals surface area contributed by atoms with Gasteiger partial charge >= 0.3 is 0 Å². The van der Waals surface area contributed by atoms with Gasteiger partial charge in [-0.3, -0.25) is 0 Å². The van der Waals surface area contributed by atoms with Crippen molar-refractivity contribution in [3.8, 4) is 22.5 Å². The third-order valence-electron chi connectivity index (χ3n) is 13.5. The fourth-order valence-corrected chi connectivity index (χ4v) is 15.4. The lowest BCUT2D eigenvalue weighted by Crippen LogP contribution is -2.74. The number of benzene rings is 10. The minimum atomic E-state index is -2.68. The number of furan rings is 1. The minimum Gasteiger partial charge on any atom is -0.456 e. The van der Waals surface area contributed by atoms with E-state index in [-0.39, 0.29) is 0 Å². The SMILES string of the molecule is c1ccc([Si](c2ccccc2)(c2ccccc2)c2ccc(-n3c4ccccc4c4ccc(-n5c6ccccc6c6cc(-c7ccc8oc9ccccc9c8c7)ccc65)cc43)cc2)cc1. The van der Waals surface area contributed by atoms with Crippen molar-refractivity contribution in [2.75, 3.05) is 0 Å². The maximum absolute atomic E-state index is 6.17. The van der Waals surface area contributed by atoms with Crippen LogP contribution >= 0.6 is 0 Å². The molecule has 0 aliphatic heterocycles. The summed E-state index contributed by atoms with van der Waals surface area (Å²) in [5.41, 5.74) is 11.2. The van der Waals surface area contributed by atoms with Crippen LogP contribution in [-0.2, 0) is 0 Å². The van der Waals surface area contributed by atoms with E-state index in [0.717, 1.165) is 33.3 Å². The molecule has 0 radical (unpaired) electrons. The molecule has 4 heteroatoms. The first-order valence-electron chi connectivity index (χ1n) is 22.0. The summed E-state index contributed by atoms with van der Waals surface area (Å²) in [5.74, 6) is 0. The summed E-state index contributed by atoms with van der Waals surface area (Å²) in [7, 11) is -2.68. The van der Waals surface area contributed by atoms with Gasteiger partial charge in [-0.25, -0.2) is 0 Å². The topological polar surface area (TPSA) is 23.0 Å². The number of rotatable bonds is 7. The average Bonchev–Trinajstić information content (AvgIpc) is 4.02. The van der Waals surface area contributed by atoms with Crippen LogP contribution < -0.4 is 20.7 Å². The number of fused-ring (bicyclic) bond motifs is 9. The molecular formula is C60H40N2OSi. The van der Waals surface area contributed by atoms with E-state index in [4.69, 9.17) is 4.42 Å². The Kier molecular flexibility index (Phi) is 8.23. The highest BCUT2D eigenvalue weighted by Crippen LogP contribution is 2.39. The van der Waals surface area contributed by atoms with Crippen molar-refractivity contribution in [2.45, 2.75) is 0 Å². The van der Waals surface area contributed by atoms with E-state index in [2.05, 4.69) is 240 Å². The Bertz CT molecular complexity index is 3790. The van der Waals surface area contributed by atoms with Crippen molar-refractivity contribution in [3.05, 3.63) is 243 Å². The fourth-order valence-electron chi connectivity index (χ4n) is 10.6. The van der Waals surface area contributed by atoms with Crippen LogP contribution in [0.4, 0.5) is 0 Å². The molecule has 0 saturated carbocycles. The molecule has 0 aliphatic rings. The first kappa shape index (κ1) is 36.5. The molecule has 3 heterocycles. The van der Waals surface area contributed by atoms with E-state index in [0.29, 0.717) is 0 Å². The third kappa shape index (κ3) is 5.46. The highest BCUT2D eigenvalue weighted by Gasteiger charge is 2.41. The molecule has 0 fully saturated rings. The number of nitrogens with zero attached hydrogens (tertiary/aromatic N) is 2. The monoisotopic (exact) mass is 832 g/mol. The van der Waals surface area contributed by atoms with E-state index >= 15 is 0 Å². The molecule has 0 atom stereocenters. The Morgan fingerprint density at radius 2 is 0.703 bits per heavy atom. The van der Waals surface area contributed by atoms with Gasteiger partial charge in [-0.05, 0) is 98.6 Å². The number of aromatic nitrogens is 2. The maximum Gasteiger partial charge on any atom is 0.179 e. The quantitative estimate of drug-likeness (QED) is 0.116. The van der Waals surface area contributed by atoms with Crippen molar-refractivity contribution >= 4 is 94.4 Å². The molecule has 0 aliphatic carbocycles. The minimum absolute atomic E-state index is 0.910. The van der Waals surface area contributed by atoms with Crippen molar-refractivity contribution in [3.63, 3.8) is 0 Å². The van der Waals surface area contributed by atoms with Crippen LogP contribution in [-0.4, -0.2) is 17.2 Å². The van der Waals surface area contributed by atoms with Crippen molar-refractivity contribution in [2.24, 2.45) is 0 Å². The van der Waals surface area contributed by atoms with Crippen LogP contribution in [0, 0.1) is 0 Å². The predicted molar refractivity (Wildman–Crippen MR) is 271 cm³/mol. The van der Waals surface area contributed by atoms with E-state index in [1.165, 1.54) is 75.5 Å². The highest BCUT2D eigenvalue weighted by atomic mass is 28.3. The fraction of sp³-hybridized carbons (Fsp3) is 0. The van der Waals surface area contributed by atoms with Crippen LogP contribution in [0.25, 0.3) is 88.1 Å². The van der Waals surface area contributed by atoms with Gasteiger partial charge in [-0.2, -0.15) is 0 Å². The predicted octanol–water partition coefficient (Wildman–Crippen LogP) is 12.8. The lowest BCUT2D eigenvalue weighted by molar-refractivity contribution is 0.669. The molecule has 300 valence electrons. The average molecular weight is 833 g/mol. The normalized spacial score (nSPS) is 12.1. The Morgan fingerprint density at radius 3 is 1.34 bits per heavy atom. The molecule has 13 aromatic rings. The second-order valence-corrected chi connectivity index (χ2v) is 20.7. The molecule has 0 N–H and O–H groups in total. The number of para-hydroxylation sites is 3. The van der Waals surface area contributed by atoms with Crippen molar-refractivity contribution in [1.82, 2.24) is 9.13 Å². The second kappa shape index (κ2) is 14.5. The van der Waals surface area contributed by atoms with Gasteiger partial charge in [0, 0.05) is 43.7 Å². The zero-order chi connectivity index (χ0) is 42.2. The van der Waals surface area contributed by atoms with Gasteiger partial charge in [0.25, 0.3) is 0 Å². The van der Waals surface area contributed by atoms with Crippen LogP contribution in [0.5, 0.6) is 0 Å². The van der Waals surface area contributed by atoms with Gasteiger partial charge in [-0.15, -0.1) is 0 Å². The van der Waals surface area contributed by atoms with Crippen LogP contribution in [0.1, 0.15) is 0 Å². The van der Waals surface area contributed by atoms with E-state index in [9.17, 15) is 0 Å². The molecule has 13 rings (SSSR count). The van der Waals surface area contributed by atoms with E-state index in [1.807, 2.05) is 12.1 Å². The highest BCUT2D eigenvalue weighted by molar-refractivity contribution is 7.19. The number of hydrogen-bond acceptors (Lipinski definition) is 1. The largest absolute Gasteiger partial charge is 0.456 e. The van der Waals surface area contributed by atoms with Gasteiger partial charge in [-0.1, -0.05) is 176 Å². The van der Waals surface area contributed by atoms with Crippen molar-refractivity contribution < 1.29 is 4.42 Å². The third-order valence-corrected chi connectivity index (χ3v) is 18.3. The summed E-state index contributed by atoms with van der Waals surface area (Å²) in [6.45, 7) is 0. The Balaban J connectivity index is 0.979. The van der Waals surface area contributed by atoms with Gasteiger partial charge < -0.3 is 13.6 Å². The Labute approximate surface area is 371 Å². The molecule has 10 aromatic carbocycles. The smallest absolute Gasteiger partial charge is 0.179 e. The first-order chi connectivity index (χ1) is 31.7. The Morgan fingerprint density at radius 1 is 0.266 bits per heavy atom. The van der Waals surface area contributed by atoms with Crippen LogP contribution in [0.15, 0.2) is 247 Å². The lowest BCUT2D eigenvalue weighted by atomic mass is 10.0. The summed E-state index contributed by atoms with van der Waals surface area (Å²) < 4.78 is 11.1. The molecule has 0 amide bonds. The summed E-state index contributed by atoms with van der Waals surface area (Å²) in [6.07, 6.45) is 0. The van der Waals surface area contributed by atoms with E-state index < -0.39 is 8.07 Å². The van der Waals surface area contributed by atoms with Crippen LogP contribution in [0.3, 0.4) is 0 Å². The molecule has 0 saturated heterocycles. The van der Waals surface area contributed by atoms with Gasteiger partial charge in [0.15, 0.2) is 8.07 Å². The molecule has 64 heavy (non-hydrogen) atoms. The molecular weight excluding hydrogens is 793 g/mol. The van der Waals surface area contributed by atoms with Gasteiger partial charge in [0.1, 0.15) is 11.2 Å². The Hall–Kier alpha value is -8.18. The lowest BCUT2D eigenvalue weighted by Gasteiger charge is -2.34. The van der Waals surface area contributed by atoms with Gasteiger partial charge in [0.05, 0.1) is 22.1 Å². The van der Waals surface area contributed by atoms with Crippen LogP contribution in [0.2, 0.25) is 0 Å². The second-order valence-electron chi connectivity index (χ2n) is 16.8. The molecule has 0 unspecified atom stereocenters. The number of hydrogen-bond donors (Lipinski definition) is 0. The molecule has 0 bridgehead atoms. The molecule has 3 aromatic heterocycles. The summed E-state index contributed by atoms with van der Waals surface area (Å²) in [4.78, 5) is 0. The molecule has 0 spiro atoms. The van der Waals surface area contributed by atoms with E-state index in [1.54, 1.807) is 0 Å². The first-order valence-corrected chi connectivity index (χ1v) is 24.0.